The fourth-order valence-electron chi connectivity index (χ4n) is 3.96. The molecule has 3 aliphatic rings. The minimum Gasteiger partial charge on any atom is -0.385 e. The van der Waals surface area contributed by atoms with Gasteiger partial charge >= 0.3 is 0 Å². The highest BCUT2D eigenvalue weighted by Gasteiger charge is 2.44. The maximum absolute atomic E-state index is 12.8. The fourth-order valence-corrected chi connectivity index (χ4v) is 3.96. The molecule has 0 aromatic heterocycles. The summed E-state index contributed by atoms with van der Waals surface area (Å²) in [5.41, 5.74) is 1.39. The topological polar surface area (TPSA) is 108 Å². The molecule has 2 saturated heterocycles. The van der Waals surface area contributed by atoms with E-state index in [1.807, 2.05) is 0 Å². The van der Waals surface area contributed by atoms with Crippen molar-refractivity contribution in [2.24, 2.45) is 5.92 Å². The van der Waals surface area contributed by atoms with Crippen LogP contribution < -0.4 is 16.0 Å². The lowest BCUT2D eigenvalue weighted by atomic mass is 10.0. The first-order valence-electron chi connectivity index (χ1n) is 9.35. The molecule has 0 spiro atoms. The number of benzene rings is 1. The van der Waals surface area contributed by atoms with Crippen LogP contribution in [0.2, 0.25) is 0 Å². The molecule has 2 atom stereocenters. The van der Waals surface area contributed by atoms with Crippen LogP contribution in [-0.2, 0) is 9.59 Å². The van der Waals surface area contributed by atoms with Gasteiger partial charge in [0, 0.05) is 18.7 Å². The van der Waals surface area contributed by atoms with E-state index in [9.17, 15) is 19.2 Å². The van der Waals surface area contributed by atoms with Gasteiger partial charge < -0.3 is 10.6 Å². The molecular weight excluding hydrogens is 348 g/mol. The van der Waals surface area contributed by atoms with E-state index in [1.54, 1.807) is 18.2 Å². The second-order valence-electron chi connectivity index (χ2n) is 7.28. The molecule has 0 radical (unpaired) electrons. The van der Waals surface area contributed by atoms with E-state index >= 15 is 0 Å². The number of carbonyl (C=O) groups excluding carboxylic acids is 4. The van der Waals surface area contributed by atoms with Gasteiger partial charge in [-0.05, 0) is 56.5 Å². The Morgan fingerprint density at radius 1 is 1.07 bits per heavy atom. The van der Waals surface area contributed by atoms with Crippen LogP contribution in [0.5, 0.6) is 0 Å². The third-order valence-electron chi connectivity index (χ3n) is 5.48. The Morgan fingerprint density at radius 2 is 1.89 bits per heavy atom. The maximum atomic E-state index is 12.8. The van der Waals surface area contributed by atoms with Crippen molar-refractivity contribution in [2.75, 3.05) is 25.0 Å². The van der Waals surface area contributed by atoms with Crippen LogP contribution in [0.3, 0.4) is 0 Å². The van der Waals surface area contributed by atoms with Crippen molar-refractivity contribution in [3.8, 4) is 0 Å². The van der Waals surface area contributed by atoms with Crippen LogP contribution in [0.15, 0.2) is 18.2 Å². The van der Waals surface area contributed by atoms with Crippen molar-refractivity contribution < 1.29 is 19.2 Å². The molecule has 3 aliphatic heterocycles. The molecule has 142 valence electrons. The summed E-state index contributed by atoms with van der Waals surface area (Å²) < 4.78 is 0. The Balaban J connectivity index is 1.46. The average molecular weight is 370 g/mol. The van der Waals surface area contributed by atoms with Crippen molar-refractivity contribution in [3.63, 3.8) is 0 Å². The minimum atomic E-state index is -0.929. The summed E-state index contributed by atoms with van der Waals surface area (Å²) in [6.45, 7) is 2.90. The van der Waals surface area contributed by atoms with Gasteiger partial charge in [0.15, 0.2) is 0 Å². The number of amides is 4. The summed E-state index contributed by atoms with van der Waals surface area (Å²) in [7, 11) is 0. The molecule has 4 amide bonds. The summed E-state index contributed by atoms with van der Waals surface area (Å²) in [5, 5.41) is 8.85. The molecule has 1 aromatic rings. The number of hydrogen-bond acceptors (Lipinski definition) is 6. The second kappa shape index (κ2) is 7.11. The fraction of sp³-hybridized carbons (Fsp3) is 0.474. The lowest BCUT2D eigenvalue weighted by molar-refractivity contribution is -0.136. The molecule has 0 saturated carbocycles. The van der Waals surface area contributed by atoms with Crippen LogP contribution in [0, 0.1) is 5.92 Å². The number of rotatable bonds is 5. The highest BCUT2D eigenvalue weighted by Crippen LogP contribution is 2.29. The highest BCUT2D eigenvalue weighted by molar-refractivity contribution is 6.23. The Kier molecular flexibility index (Phi) is 4.65. The molecule has 2 fully saturated rings. The van der Waals surface area contributed by atoms with Gasteiger partial charge in [-0.3, -0.25) is 29.4 Å². The van der Waals surface area contributed by atoms with Gasteiger partial charge in [-0.15, -0.1) is 0 Å². The third kappa shape index (κ3) is 3.32. The number of nitrogens with one attached hydrogen (secondary N) is 3. The van der Waals surface area contributed by atoms with Crippen molar-refractivity contribution in [3.05, 3.63) is 29.3 Å². The Morgan fingerprint density at radius 3 is 2.63 bits per heavy atom. The molecule has 3 N–H and O–H groups in total. The van der Waals surface area contributed by atoms with Gasteiger partial charge in [0.05, 0.1) is 11.1 Å². The number of carbonyl (C=O) groups is 4. The Bertz CT molecular complexity index is 816. The first kappa shape index (κ1) is 17.7. The van der Waals surface area contributed by atoms with Crippen LogP contribution in [0.1, 0.15) is 46.4 Å². The van der Waals surface area contributed by atoms with E-state index in [1.165, 1.54) is 6.42 Å². The molecule has 3 heterocycles. The Hall–Kier alpha value is -2.74. The monoisotopic (exact) mass is 370 g/mol. The minimum absolute atomic E-state index is 0.118. The van der Waals surface area contributed by atoms with E-state index in [0.717, 1.165) is 36.6 Å². The normalized spacial score (nSPS) is 25.0. The molecule has 2 unspecified atom stereocenters. The van der Waals surface area contributed by atoms with E-state index in [-0.39, 0.29) is 18.7 Å². The van der Waals surface area contributed by atoms with Gasteiger partial charge in [0.1, 0.15) is 6.04 Å². The second-order valence-corrected chi connectivity index (χ2v) is 7.28. The van der Waals surface area contributed by atoms with E-state index < -0.39 is 23.8 Å². The van der Waals surface area contributed by atoms with Crippen LogP contribution in [0.4, 0.5) is 5.69 Å². The van der Waals surface area contributed by atoms with Crippen molar-refractivity contribution in [2.45, 2.75) is 31.7 Å². The maximum Gasteiger partial charge on any atom is 0.262 e. The molecule has 0 bridgehead atoms. The molecule has 8 nitrogen and oxygen atoms in total. The van der Waals surface area contributed by atoms with E-state index in [0.29, 0.717) is 17.0 Å². The van der Waals surface area contributed by atoms with Gasteiger partial charge in [0.2, 0.25) is 11.8 Å². The van der Waals surface area contributed by atoms with Gasteiger partial charge in [-0.2, -0.15) is 0 Å². The largest absolute Gasteiger partial charge is 0.385 e. The number of imide groups is 2. The van der Waals surface area contributed by atoms with E-state index in [2.05, 4.69) is 16.0 Å². The first-order valence-corrected chi connectivity index (χ1v) is 9.35. The van der Waals surface area contributed by atoms with E-state index in [4.69, 9.17) is 0 Å². The van der Waals surface area contributed by atoms with Gasteiger partial charge in [0.25, 0.3) is 11.8 Å². The molecule has 27 heavy (non-hydrogen) atoms. The number of hydrogen-bond donors (Lipinski definition) is 3. The molecule has 4 rings (SSSR count). The average Bonchev–Trinajstić information content (AvgIpc) is 3.24. The number of nitrogens with zero attached hydrogens (tertiary/aromatic N) is 1. The quantitative estimate of drug-likeness (QED) is 0.652. The number of piperidine rings is 1. The summed E-state index contributed by atoms with van der Waals surface area (Å²) in [6.07, 6.45) is 2.50. The summed E-state index contributed by atoms with van der Waals surface area (Å²) >= 11 is 0. The standard InChI is InChI=1S/C19H22N4O4/c24-16-4-3-15(17(25)22-16)23-18(26)13-2-1-12(9-14(13)19(23)27)21-8-6-11-5-7-20-10-11/h1-2,9,11,15,20-21H,3-8,10H2,(H,22,24,25). The SMILES string of the molecule is O=C1CCC(N2C(=O)c3ccc(NCCC4CCNC4)cc3C2=O)C(=O)N1. The lowest BCUT2D eigenvalue weighted by Gasteiger charge is -2.27. The number of fused-ring (bicyclic) bond motifs is 1. The summed E-state index contributed by atoms with van der Waals surface area (Å²) in [4.78, 5) is 49.8. The molecule has 8 heteroatoms. The summed E-state index contributed by atoms with van der Waals surface area (Å²) in [5.74, 6) is -1.26. The molecule has 0 aliphatic carbocycles. The highest BCUT2D eigenvalue weighted by atomic mass is 16.2. The van der Waals surface area contributed by atoms with Crippen LogP contribution in [-0.4, -0.2) is 54.2 Å². The molecular formula is C19H22N4O4. The Labute approximate surface area is 156 Å². The van der Waals surface area contributed by atoms with Gasteiger partial charge in [-0.1, -0.05) is 0 Å². The van der Waals surface area contributed by atoms with Crippen molar-refractivity contribution >= 4 is 29.3 Å². The van der Waals surface area contributed by atoms with Crippen LogP contribution in [0.25, 0.3) is 0 Å². The number of anilines is 1. The van der Waals surface area contributed by atoms with Gasteiger partial charge in [-0.25, -0.2) is 0 Å². The van der Waals surface area contributed by atoms with Crippen LogP contribution >= 0.6 is 0 Å². The zero-order valence-corrected chi connectivity index (χ0v) is 14.9. The summed E-state index contributed by atoms with van der Waals surface area (Å²) in [6, 6.07) is 4.15. The predicted octanol–water partition coefficient (Wildman–Crippen LogP) is 0.499. The predicted molar refractivity (Wildman–Crippen MR) is 97.2 cm³/mol. The molecule has 1 aromatic carbocycles. The third-order valence-corrected chi connectivity index (χ3v) is 5.48. The lowest BCUT2D eigenvalue weighted by Crippen LogP contribution is -2.54. The smallest absolute Gasteiger partial charge is 0.262 e. The zero-order chi connectivity index (χ0) is 19.0. The zero-order valence-electron chi connectivity index (χ0n) is 14.9. The van der Waals surface area contributed by atoms with Crippen molar-refractivity contribution in [1.29, 1.82) is 0 Å². The van der Waals surface area contributed by atoms with Crippen molar-refractivity contribution in [1.82, 2.24) is 15.5 Å². The first-order chi connectivity index (χ1) is 13.0.